The Morgan fingerprint density at radius 1 is 1.29 bits per heavy atom. The van der Waals surface area contributed by atoms with Gasteiger partial charge in [0.15, 0.2) is 0 Å². The molecule has 0 aliphatic carbocycles. The second-order valence-electron chi connectivity index (χ2n) is 7.04. The van der Waals surface area contributed by atoms with Gasteiger partial charge in [0.25, 0.3) is 5.56 Å². The standard InChI is InChI=1S/C23H21F2N5O/c1-13(24)5-10-19(15(3)25)21-16(4)29-30-22(21)28-20(14(2)23(30)31)12-27-18-8-6-17(11-26)7-9-18/h5-10,27-28H,3,12H2,1-2,4H3/b13-5+,19-10+. The molecule has 0 amide bonds. The predicted octanol–water partition coefficient (Wildman–Crippen LogP) is 4.86. The van der Waals surface area contributed by atoms with Crippen LogP contribution in [0.25, 0.3) is 11.2 Å². The first-order valence-electron chi connectivity index (χ1n) is 9.47. The molecule has 0 radical (unpaired) electrons. The van der Waals surface area contributed by atoms with E-state index in [9.17, 15) is 13.6 Å². The lowest BCUT2D eigenvalue weighted by molar-refractivity contribution is 0.640. The van der Waals surface area contributed by atoms with E-state index in [-0.39, 0.29) is 17.7 Å². The van der Waals surface area contributed by atoms with E-state index in [0.717, 1.165) is 11.8 Å². The van der Waals surface area contributed by atoms with Crippen LogP contribution in [0.1, 0.15) is 35.0 Å². The molecule has 1 aromatic carbocycles. The van der Waals surface area contributed by atoms with Gasteiger partial charge in [0.2, 0.25) is 0 Å². The van der Waals surface area contributed by atoms with Gasteiger partial charge < -0.3 is 10.3 Å². The lowest BCUT2D eigenvalue weighted by Gasteiger charge is -2.11. The Kier molecular flexibility index (Phi) is 6.16. The average molecular weight is 421 g/mol. The Morgan fingerprint density at radius 2 is 1.97 bits per heavy atom. The summed E-state index contributed by atoms with van der Waals surface area (Å²) in [5, 5.41) is 16.3. The number of anilines is 1. The minimum absolute atomic E-state index is 0.0370. The number of halogens is 2. The molecule has 0 atom stereocenters. The van der Waals surface area contributed by atoms with Gasteiger partial charge in [-0.2, -0.15) is 14.9 Å². The number of aromatic amines is 1. The summed E-state index contributed by atoms with van der Waals surface area (Å²) < 4.78 is 28.6. The number of allylic oxidation sites excluding steroid dienone is 5. The zero-order valence-corrected chi connectivity index (χ0v) is 17.4. The molecule has 2 heterocycles. The molecule has 31 heavy (non-hydrogen) atoms. The normalized spacial score (nSPS) is 12.1. The number of nitriles is 1. The minimum Gasteiger partial charge on any atom is -0.379 e. The summed E-state index contributed by atoms with van der Waals surface area (Å²) >= 11 is 0. The highest BCUT2D eigenvalue weighted by molar-refractivity contribution is 5.86. The van der Waals surface area contributed by atoms with E-state index in [2.05, 4.69) is 28.0 Å². The fourth-order valence-corrected chi connectivity index (χ4v) is 3.17. The van der Waals surface area contributed by atoms with Gasteiger partial charge in [0.1, 0.15) is 11.5 Å². The summed E-state index contributed by atoms with van der Waals surface area (Å²) in [6.07, 6.45) is 2.40. The van der Waals surface area contributed by atoms with Crippen molar-refractivity contribution in [2.24, 2.45) is 0 Å². The topological polar surface area (TPSA) is 86.0 Å². The Bertz CT molecular complexity index is 1320. The van der Waals surface area contributed by atoms with E-state index in [1.165, 1.54) is 17.5 Å². The quantitative estimate of drug-likeness (QED) is 0.557. The third kappa shape index (κ3) is 4.46. The van der Waals surface area contributed by atoms with Gasteiger partial charge in [0.05, 0.1) is 35.3 Å². The van der Waals surface area contributed by atoms with Gasteiger partial charge in [0, 0.05) is 22.5 Å². The van der Waals surface area contributed by atoms with E-state index >= 15 is 0 Å². The molecule has 0 aliphatic rings. The van der Waals surface area contributed by atoms with Gasteiger partial charge in [-0.1, -0.05) is 6.58 Å². The Labute approximate surface area is 177 Å². The molecule has 0 unspecified atom stereocenters. The van der Waals surface area contributed by atoms with Gasteiger partial charge in [-0.05, 0) is 57.2 Å². The molecule has 0 fully saturated rings. The van der Waals surface area contributed by atoms with Gasteiger partial charge in [-0.15, -0.1) is 0 Å². The summed E-state index contributed by atoms with van der Waals surface area (Å²) in [5.41, 5.74) is 3.07. The molecule has 8 heteroatoms. The van der Waals surface area contributed by atoms with Crippen molar-refractivity contribution in [3.8, 4) is 6.07 Å². The summed E-state index contributed by atoms with van der Waals surface area (Å²) in [5.74, 6) is -1.27. The first-order valence-corrected chi connectivity index (χ1v) is 9.47. The average Bonchev–Trinajstić information content (AvgIpc) is 3.06. The third-order valence-corrected chi connectivity index (χ3v) is 4.82. The number of nitrogens with zero attached hydrogens (tertiary/aromatic N) is 3. The van der Waals surface area contributed by atoms with E-state index in [0.29, 0.717) is 33.7 Å². The first-order chi connectivity index (χ1) is 14.7. The number of hydrogen-bond donors (Lipinski definition) is 2. The molecular weight excluding hydrogens is 400 g/mol. The zero-order chi connectivity index (χ0) is 22.7. The van der Waals surface area contributed by atoms with Crippen molar-refractivity contribution < 1.29 is 8.78 Å². The molecule has 158 valence electrons. The molecule has 3 rings (SSSR count). The van der Waals surface area contributed by atoms with Crippen LogP contribution < -0.4 is 10.9 Å². The fraction of sp³-hybridized carbons (Fsp3) is 0.174. The van der Waals surface area contributed by atoms with Crippen LogP contribution in [0.4, 0.5) is 14.5 Å². The maximum atomic E-state index is 14.2. The summed E-state index contributed by atoms with van der Waals surface area (Å²) in [6.45, 7) is 8.18. The molecule has 3 aromatic rings. The van der Waals surface area contributed by atoms with Crippen molar-refractivity contribution in [3.63, 3.8) is 0 Å². The summed E-state index contributed by atoms with van der Waals surface area (Å²) in [6, 6.07) is 8.95. The SMILES string of the molecule is C=C(F)/C(=C\C=C(/C)F)c1c(C)nn2c(=O)c(C)c(CNc3ccc(C#N)cc3)[nH]c12. The molecule has 0 saturated heterocycles. The maximum Gasteiger partial charge on any atom is 0.277 e. The number of hydrogen-bond acceptors (Lipinski definition) is 4. The number of rotatable bonds is 6. The summed E-state index contributed by atoms with van der Waals surface area (Å²) in [4.78, 5) is 16.0. The second-order valence-corrected chi connectivity index (χ2v) is 7.04. The van der Waals surface area contributed by atoms with Crippen LogP contribution in [0.15, 0.2) is 59.4 Å². The molecule has 0 spiro atoms. The van der Waals surface area contributed by atoms with Crippen LogP contribution in [0.3, 0.4) is 0 Å². The first kappa shape index (κ1) is 21.7. The van der Waals surface area contributed by atoms with Gasteiger partial charge in [-0.3, -0.25) is 4.79 Å². The number of aromatic nitrogens is 3. The van der Waals surface area contributed by atoms with E-state index in [1.54, 1.807) is 38.1 Å². The lowest BCUT2D eigenvalue weighted by Crippen LogP contribution is -2.22. The van der Waals surface area contributed by atoms with Crippen molar-refractivity contribution in [1.82, 2.24) is 14.6 Å². The maximum absolute atomic E-state index is 14.2. The van der Waals surface area contributed by atoms with Crippen molar-refractivity contribution >= 4 is 16.9 Å². The van der Waals surface area contributed by atoms with Crippen LogP contribution in [-0.2, 0) is 6.54 Å². The van der Waals surface area contributed by atoms with Crippen LogP contribution in [-0.4, -0.2) is 14.6 Å². The molecule has 2 aromatic heterocycles. The lowest BCUT2D eigenvalue weighted by atomic mass is 10.0. The number of fused-ring (bicyclic) bond motifs is 1. The third-order valence-electron chi connectivity index (χ3n) is 4.82. The largest absolute Gasteiger partial charge is 0.379 e. The number of H-pyrrole nitrogens is 1. The van der Waals surface area contributed by atoms with Crippen LogP contribution in [0.2, 0.25) is 0 Å². The highest BCUT2D eigenvalue weighted by Gasteiger charge is 2.20. The number of aryl methyl sites for hydroxylation is 1. The van der Waals surface area contributed by atoms with Gasteiger partial charge in [-0.25, -0.2) is 8.78 Å². The van der Waals surface area contributed by atoms with E-state index in [1.807, 2.05) is 0 Å². The molecule has 0 saturated carbocycles. The van der Waals surface area contributed by atoms with Crippen molar-refractivity contribution in [2.75, 3.05) is 5.32 Å². The molecule has 2 N–H and O–H groups in total. The predicted molar refractivity (Wildman–Crippen MR) is 117 cm³/mol. The van der Waals surface area contributed by atoms with E-state index < -0.39 is 11.7 Å². The Balaban J connectivity index is 2.09. The highest BCUT2D eigenvalue weighted by Crippen LogP contribution is 2.29. The summed E-state index contributed by atoms with van der Waals surface area (Å²) in [7, 11) is 0. The molecular formula is C23H21F2N5O. The zero-order valence-electron chi connectivity index (χ0n) is 17.4. The van der Waals surface area contributed by atoms with Crippen LogP contribution in [0.5, 0.6) is 0 Å². The molecule has 0 aliphatic heterocycles. The van der Waals surface area contributed by atoms with Crippen molar-refractivity contribution in [3.05, 3.63) is 93.1 Å². The second kappa shape index (κ2) is 8.79. The highest BCUT2D eigenvalue weighted by atomic mass is 19.1. The number of nitrogens with one attached hydrogen (secondary N) is 2. The monoisotopic (exact) mass is 421 g/mol. The Morgan fingerprint density at radius 3 is 2.55 bits per heavy atom. The smallest absolute Gasteiger partial charge is 0.277 e. The van der Waals surface area contributed by atoms with Crippen molar-refractivity contribution in [1.29, 1.82) is 5.26 Å². The molecule has 0 bridgehead atoms. The Hall–Kier alpha value is -3.99. The van der Waals surface area contributed by atoms with Gasteiger partial charge >= 0.3 is 0 Å². The van der Waals surface area contributed by atoms with E-state index in [4.69, 9.17) is 5.26 Å². The number of benzene rings is 1. The fourth-order valence-electron chi connectivity index (χ4n) is 3.17. The van der Waals surface area contributed by atoms with Crippen molar-refractivity contribution in [2.45, 2.75) is 27.3 Å². The molecule has 6 nitrogen and oxygen atoms in total. The van der Waals surface area contributed by atoms with Crippen LogP contribution in [0, 0.1) is 25.2 Å². The van der Waals surface area contributed by atoms with Crippen LogP contribution >= 0.6 is 0 Å². The minimum atomic E-state index is -0.769.